The van der Waals surface area contributed by atoms with Crippen molar-refractivity contribution >= 4 is 17.5 Å². The maximum atomic E-state index is 12.7. The van der Waals surface area contributed by atoms with Crippen LogP contribution in [0.2, 0.25) is 0 Å². The summed E-state index contributed by atoms with van der Waals surface area (Å²) in [5.41, 5.74) is 0.809. The minimum absolute atomic E-state index is 0.107. The Kier molecular flexibility index (Phi) is 6.00. The molecule has 1 aromatic carbocycles. The molecule has 0 aliphatic carbocycles. The van der Waals surface area contributed by atoms with Crippen molar-refractivity contribution in [3.63, 3.8) is 0 Å². The van der Waals surface area contributed by atoms with Crippen molar-refractivity contribution in [3.8, 4) is 5.75 Å². The molecule has 7 nitrogen and oxygen atoms in total. The van der Waals surface area contributed by atoms with Gasteiger partial charge in [-0.1, -0.05) is 0 Å². The zero-order chi connectivity index (χ0) is 19.2. The van der Waals surface area contributed by atoms with Crippen LogP contribution < -0.4 is 15.0 Å². The predicted octanol–water partition coefficient (Wildman–Crippen LogP) is 2.14. The number of nitrogens with one attached hydrogen (secondary N) is 1. The van der Waals surface area contributed by atoms with Gasteiger partial charge in [0.1, 0.15) is 11.6 Å². The van der Waals surface area contributed by atoms with Crippen LogP contribution in [0.1, 0.15) is 25.2 Å². The second kappa shape index (κ2) is 8.61. The Morgan fingerprint density at radius 3 is 2.74 bits per heavy atom. The lowest BCUT2D eigenvalue weighted by atomic mass is 10.3. The summed E-state index contributed by atoms with van der Waals surface area (Å²) in [5.74, 6) is 0.464. The quantitative estimate of drug-likeness (QED) is 0.764. The van der Waals surface area contributed by atoms with Crippen LogP contribution in [0.5, 0.6) is 5.75 Å². The average Bonchev–Trinajstić information content (AvgIpc) is 3.29. The highest BCUT2D eigenvalue weighted by atomic mass is 19.3. The Morgan fingerprint density at radius 1 is 1.30 bits per heavy atom. The Labute approximate surface area is 154 Å². The molecular weight excluding hydrogens is 358 g/mol. The van der Waals surface area contributed by atoms with Gasteiger partial charge in [0, 0.05) is 44.0 Å². The van der Waals surface area contributed by atoms with Crippen molar-refractivity contribution in [2.24, 2.45) is 0 Å². The van der Waals surface area contributed by atoms with Gasteiger partial charge < -0.3 is 15.0 Å². The molecule has 2 heterocycles. The number of ether oxygens (including phenoxy) is 1. The van der Waals surface area contributed by atoms with E-state index in [0.29, 0.717) is 18.7 Å². The zero-order valence-electron chi connectivity index (χ0n) is 14.6. The minimum Gasteiger partial charge on any atom is -0.484 e. The Hall–Kier alpha value is -2.97. The molecule has 3 rings (SSSR count). The Bertz CT molecular complexity index is 792. The van der Waals surface area contributed by atoms with Crippen LogP contribution in [0.4, 0.5) is 14.5 Å². The molecule has 1 N–H and O–H groups in total. The van der Waals surface area contributed by atoms with E-state index in [1.54, 1.807) is 29.2 Å². The molecule has 0 saturated carbocycles. The van der Waals surface area contributed by atoms with E-state index in [4.69, 9.17) is 4.74 Å². The molecule has 0 unspecified atom stereocenters. The third-order valence-electron chi connectivity index (χ3n) is 4.22. The molecule has 1 aliphatic rings. The van der Waals surface area contributed by atoms with E-state index in [9.17, 15) is 18.4 Å². The van der Waals surface area contributed by atoms with Crippen LogP contribution in [0, 0.1) is 0 Å². The van der Waals surface area contributed by atoms with Crippen molar-refractivity contribution < 1.29 is 23.1 Å². The first-order chi connectivity index (χ1) is 13.0. The van der Waals surface area contributed by atoms with Crippen molar-refractivity contribution in [3.05, 3.63) is 42.5 Å². The van der Waals surface area contributed by atoms with Gasteiger partial charge in [-0.05, 0) is 30.7 Å². The van der Waals surface area contributed by atoms with Gasteiger partial charge in [-0.2, -0.15) is 8.78 Å². The Morgan fingerprint density at radius 2 is 2.07 bits per heavy atom. The molecule has 1 saturated heterocycles. The third kappa shape index (κ3) is 4.81. The summed E-state index contributed by atoms with van der Waals surface area (Å²) < 4.78 is 31.6. The smallest absolute Gasteiger partial charge is 0.319 e. The zero-order valence-corrected chi connectivity index (χ0v) is 14.6. The summed E-state index contributed by atoms with van der Waals surface area (Å²) in [6.45, 7) is -1.95. The van der Waals surface area contributed by atoms with Gasteiger partial charge in [0.05, 0.1) is 0 Å². The Balaban J connectivity index is 1.41. The SMILES string of the molecule is O=C(COc1ccc(N2CCCC2=O)cc1)NCCc1nccn1C(F)F. The fourth-order valence-electron chi connectivity index (χ4n) is 2.87. The van der Waals surface area contributed by atoms with Gasteiger partial charge in [0.2, 0.25) is 5.91 Å². The largest absolute Gasteiger partial charge is 0.484 e. The molecule has 0 spiro atoms. The van der Waals surface area contributed by atoms with E-state index >= 15 is 0 Å². The third-order valence-corrected chi connectivity index (χ3v) is 4.22. The number of alkyl halides is 2. The van der Waals surface area contributed by atoms with Crippen LogP contribution in [-0.4, -0.2) is 41.1 Å². The molecule has 1 aliphatic heterocycles. The van der Waals surface area contributed by atoms with E-state index < -0.39 is 6.55 Å². The van der Waals surface area contributed by atoms with E-state index in [1.165, 1.54) is 12.4 Å². The molecule has 2 amide bonds. The summed E-state index contributed by atoms with van der Waals surface area (Å²) in [7, 11) is 0. The number of hydrogen-bond acceptors (Lipinski definition) is 4. The van der Waals surface area contributed by atoms with E-state index in [0.717, 1.165) is 16.7 Å². The number of rotatable bonds is 8. The van der Waals surface area contributed by atoms with Crippen LogP contribution in [0.3, 0.4) is 0 Å². The van der Waals surface area contributed by atoms with Crippen molar-refractivity contribution in [2.45, 2.75) is 25.8 Å². The first-order valence-electron chi connectivity index (χ1n) is 8.64. The van der Waals surface area contributed by atoms with Gasteiger partial charge in [-0.3, -0.25) is 14.2 Å². The molecule has 0 atom stereocenters. The molecule has 27 heavy (non-hydrogen) atoms. The fraction of sp³-hybridized carbons (Fsp3) is 0.389. The molecule has 2 aromatic rings. The second-order valence-electron chi connectivity index (χ2n) is 6.06. The number of nitrogens with zero attached hydrogens (tertiary/aromatic N) is 3. The molecule has 1 aromatic heterocycles. The lowest BCUT2D eigenvalue weighted by Crippen LogP contribution is -2.31. The maximum Gasteiger partial charge on any atom is 0.319 e. The van der Waals surface area contributed by atoms with Gasteiger partial charge in [-0.25, -0.2) is 4.98 Å². The number of aromatic nitrogens is 2. The number of imidazole rings is 1. The summed E-state index contributed by atoms with van der Waals surface area (Å²) in [5, 5.41) is 2.60. The number of carbonyl (C=O) groups excluding carboxylic acids is 2. The number of amides is 2. The highest BCUT2D eigenvalue weighted by Gasteiger charge is 2.21. The van der Waals surface area contributed by atoms with Crippen molar-refractivity contribution in [1.82, 2.24) is 14.9 Å². The normalized spacial score (nSPS) is 14.0. The van der Waals surface area contributed by atoms with E-state index in [2.05, 4.69) is 10.3 Å². The topological polar surface area (TPSA) is 76.5 Å². The number of hydrogen-bond donors (Lipinski definition) is 1. The number of anilines is 1. The van der Waals surface area contributed by atoms with Gasteiger partial charge in [0.25, 0.3) is 5.91 Å². The van der Waals surface area contributed by atoms with Crippen LogP contribution in [0.15, 0.2) is 36.7 Å². The lowest BCUT2D eigenvalue weighted by molar-refractivity contribution is -0.123. The summed E-state index contributed by atoms with van der Waals surface area (Å²) in [6.07, 6.45) is 4.11. The molecule has 1 fully saturated rings. The average molecular weight is 378 g/mol. The second-order valence-corrected chi connectivity index (χ2v) is 6.06. The highest BCUT2D eigenvalue weighted by Crippen LogP contribution is 2.23. The molecule has 0 bridgehead atoms. The number of carbonyl (C=O) groups is 2. The highest BCUT2D eigenvalue weighted by molar-refractivity contribution is 5.95. The van der Waals surface area contributed by atoms with E-state index in [1.807, 2.05) is 0 Å². The van der Waals surface area contributed by atoms with Crippen molar-refractivity contribution in [2.75, 3.05) is 24.6 Å². The number of benzene rings is 1. The van der Waals surface area contributed by atoms with Gasteiger partial charge in [-0.15, -0.1) is 0 Å². The predicted molar refractivity (Wildman–Crippen MR) is 93.7 cm³/mol. The maximum absolute atomic E-state index is 12.7. The summed E-state index contributed by atoms with van der Waals surface area (Å²) in [6, 6.07) is 6.96. The molecule has 144 valence electrons. The molecule has 0 radical (unpaired) electrons. The van der Waals surface area contributed by atoms with Gasteiger partial charge in [0.15, 0.2) is 6.61 Å². The summed E-state index contributed by atoms with van der Waals surface area (Å²) in [4.78, 5) is 29.1. The first-order valence-corrected chi connectivity index (χ1v) is 8.64. The van der Waals surface area contributed by atoms with Crippen LogP contribution in [-0.2, 0) is 16.0 Å². The minimum atomic E-state index is -2.65. The molecule has 9 heteroatoms. The van der Waals surface area contributed by atoms with Crippen molar-refractivity contribution in [1.29, 1.82) is 0 Å². The van der Waals surface area contributed by atoms with Crippen LogP contribution >= 0.6 is 0 Å². The lowest BCUT2D eigenvalue weighted by Gasteiger charge is -2.16. The fourth-order valence-corrected chi connectivity index (χ4v) is 2.87. The summed E-state index contributed by atoms with van der Waals surface area (Å²) >= 11 is 0. The van der Waals surface area contributed by atoms with Crippen LogP contribution in [0.25, 0.3) is 0 Å². The van der Waals surface area contributed by atoms with E-state index in [-0.39, 0.29) is 37.2 Å². The van der Waals surface area contributed by atoms with Gasteiger partial charge >= 0.3 is 6.55 Å². The number of halogens is 2. The standard InChI is InChI=1S/C18H20F2N4O3/c19-18(20)24-11-9-21-15(24)7-8-22-16(25)12-27-14-5-3-13(4-6-14)23-10-1-2-17(23)26/h3-6,9,11,18H,1-2,7-8,10,12H2,(H,22,25). The molecular formula is C18H20F2N4O3. The first kappa shape index (κ1) is 18.8. The monoisotopic (exact) mass is 378 g/mol.